The number of aromatic nitrogens is 2. The standard InChI is InChI=1S/C21H22N4O2/c1-22-12-19-20(24-25-13-15(14-26)11-23-21(19)25)16-7-9-18(10-8-16)27-17-5-3-2-4-6-17/h2-10,15,23,26H,1,11-14H2. The number of fused-ring (bicyclic) bond motifs is 1. The first kappa shape index (κ1) is 17.3. The Labute approximate surface area is 158 Å². The molecule has 4 rings (SSSR count). The number of hydrogen-bond donors (Lipinski definition) is 2. The summed E-state index contributed by atoms with van der Waals surface area (Å²) in [6.07, 6.45) is 0. The lowest BCUT2D eigenvalue weighted by atomic mass is 10.1. The van der Waals surface area contributed by atoms with Gasteiger partial charge < -0.3 is 15.2 Å². The summed E-state index contributed by atoms with van der Waals surface area (Å²) in [6.45, 7) is 5.69. The Balaban J connectivity index is 1.63. The largest absolute Gasteiger partial charge is 0.457 e. The van der Waals surface area contributed by atoms with Gasteiger partial charge in [0.1, 0.15) is 17.3 Å². The second-order valence-electron chi connectivity index (χ2n) is 6.61. The normalized spacial score (nSPS) is 15.7. The zero-order chi connectivity index (χ0) is 18.6. The van der Waals surface area contributed by atoms with Crippen LogP contribution in [-0.2, 0) is 13.1 Å². The molecule has 0 bridgehead atoms. The number of aliphatic imine (C=N–C) groups is 1. The summed E-state index contributed by atoms with van der Waals surface area (Å²) < 4.78 is 7.79. The smallest absolute Gasteiger partial charge is 0.130 e. The number of para-hydroxylation sites is 1. The second-order valence-corrected chi connectivity index (χ2v) is 6.61. The van der Waals surface area contributed by atoms with Crippen molar-refractivity contribution < 1.29 is 9.84 Å². The van der Waals surface area contributed by atoms with E-state index in [1.807, 2.05) is 59.3 Å². The van der Waals surface area contributed by atoms with Gasteiger partial charge in [0.2, 0.25) is 0 Å². The number of aliphatic hydroxyl groups is 1. The molecule has 27 heavy (non-hydrogen) atoms. The Morgan fingerprint density at radius 1 is 1.15 bits per heavy atom. The molecule has 1 aromatic heterocycles. The number of nitrogens with zero attached hydrogens (tertiary/aromatic N) is 3. The molecule has 2 heterocycles. The fraction of sp³-hybridized carbons (Fsp3) is 0.238. The molecule has 0 saturated carbocycles. The van der Waals surface area contributed by atoms with Crippen molar-refractivity contribution in [2.75, 3.05) is 18.5 Å². The van der Waals surface area contributed by atoms with Crippen LogP contribution in [0.1, 0.15) is 5.56 Å². The molecule has 1 aliphatic heterocycles. The average Bonchev–Trinajstić information content (AvgIpc) is 3.07. The summed E-state index contributed by atoms with van der Waals surface area (Å²) >= 11 is 0. The minimum absolute atomic E-state index is 0.141. The lowest BCUT2D eigenvalue weighted by Crippen LogP contribution is -2.30. The summed E-state index contributed by atoms with van der Waals surface area (Å²) in [5.41, 5.74) is 2.91. The Hall–Kier alpha value is -3.12. The van der Waals surface area contributed by atoms with E-state index < -0.39 is 0 Å². The number of aliphatic hydroxyl groups excluding tert-OH is 1. The first-order valence-electron chi connectivity index (χ1n) is 8.98. The lowest BCUT2D eigenvalue weighted by Gasteiger charge is -2.23. The number of nitrogens with one attached hydrogen (secondary N) is 1. The Kier molecular flexibility index (Phi) is 4.89. The third-order valence-corrected chi connectivity index (χ3v) is 4.67. The van der Waals surface area contributed by atoms with Gasteiger partial charge in [-0.2, -0.15) is 5.10 Å². The molecule has 0 fully saturated rings. The van der Waals surface area contributed by atoms with E-state index in [1.165, 1.54) is 0 Å². The highest BCUT2D eigenvalue weighted by Gasteiger charge is 2.25. The Morgan fingerprint density at radius 2 is 1.89 bits per heavy atom. The fourth-order valence-corrected chi connectivity index (χ4v) is 3.30. The van der Waals surface area contributed by atoms with Crippen LogP contribution < -0.4 is 10.1 Å². The van der Waals surface area contributed by atoms with E-state index in [4.69, 9.17) is 9.84 Å². The van der Waals surface area contributed by atoms with E-state index >= 15 is 0 Å². The van der Waals surface area contributed by atoms with Crippen molar-refractivity contribution in [3.8, 4) is 22.8 Å². The van der Waals surface area contributed by atoms with E-state index in [1.54, 1.807) is 0 Å². The van der Waals surface area contributed by atoms with Crippen LogP contribution in [0.15, 0.2) is 59.6 Å². The fourth-order valence-electron chi connectivity index (χ4n) is 3.30. The van der Waals surface area contributed by atoms with Crippen molar-refractivity contribution in [2.24, 2.45) is 10.9 Å². The van der Waals surface area contributed by atoms with Gasteiger partial charge in [-0.3, -0.25) is 4.99 Å². The Morgan fingerprint density at radius 3 is 2.59 bits per heavy atom. The van der Waals surface area contributed by atoms with Crippen molar-refractivity contribution >= 4 is 12.5 Å². The molecule has 2 aromatic carbocycles. The van der Waals surface area contributed by atoms with Crippen LogP contribution in [-0.4, -0.2) is 34.8 Å². The number of anilines is 1. The Bertz CT molecular complexity index is 919. The summed E-state index contributed by atoms with van der Waals surface area (Å²) in [6, 6.07) is 17.6. The molecular formula is C21H22N4O2. The van der Waals surface area contributed by atoms with Gasteiger partial charge >= 0.3 is 0 Å². The van der Waals surface area contributed by atoms with Crippen LogP contribution in [0.4, 0.5) is 5.82 Å². The van der Waals surface area contributed by atoms with Crippen LogP contribution >= 0.6 is 0 Å². The van der Waals surface area contributed by atoms with Crippen LogP contribution in [0.5, 0.6) is 11.5 Å². The maximum atomic E-state index is 9.44. The second kappa shape index (κ2) is 7.63. The van der Waals surface area contributed by atoms with Crippen molar-refractivity contribution in [2.45, 2.75) is 13.1 Å². The summed E-state index contributed by atoms with van der Waals surface area (Å²) in [5.74, 6) is 2.71. The summed E-state index contributed by atoms with van der Waals surface area (Å²) in [7, 11) is 0. The number of rotatable bonds is 6. The highest BCUT2D eigenvalue weighted by atomic mass is 16.5. The molecule has 0 radical (unpaired) electrons. The van der Waals surface area contributed by atoms with Crippen LogP contribution in [0.25, 0.3) is 11.3 Å². The zero-order valence-electron chi connectivity index (χ0n) is 15.0. The molecule has 1 aliphatic rings. The van der Waals surface area contributed by atoms with Crippen LogP contribution in [0.2, 0.25) is 0 Å². The quantitative estimate of drug-likeness (QED) is 0.658. The van der Waals surface area contributed by atoms with Crippen molar-refractivity contribution in [3.63, 3.8) is 0 Å². The van der Waals surface area contributed by atoms with Crippen molar-refractivity contribution in [1.29, 1.82) is 0 Å². The summed E-state index contributed by atoms with van der Waals surface area (Å²) in [5, 5.41) is 17.6. The predicted octanol–water partition coefficient (Wildman–Crippen LogP) is 3.58. The van der Waals surface area contributed by atoms with E-state index in [-0.39, 0.29) is 12.5 Å². The van der Waals surface area contributed by atoms with Crippen molar-refractivity contribution in [3.05, 3.63) is 60.2 Å². The van der Waals surface area contributed by atoms with Crippen molar-refractivity contribution in [1.82, 2.24) is 9.78 Å². The summed E-state index contributed by atoms with van der Waals surface area (Å²) in [4.78, 5) is 4.07. The lowest BCUT2D eigenvalue weighted by molar-refractivity contribution is 0.209. The highest BCUT2D eigenvalue weighted by Crippen LogP contribution is 2.33. The van der Waals surface area contributed by atoms with Crippen LogP contribution in [0.3, 0.4) is 0 Å². The monoisotopic (exact) mass is 362 g/mol. The minimum atomic E-state index is 0.141. The molecular weight excluding hydrogens is 340 g/mol. The third-order valence-electron chi connectivity index (χ3n) is 4.67. The van der Waals surface area contributed by atoms with E-state index in [0.717, 1.165) is 40.7 Å². The zero-order valence-corrected chi connectivity index (χ0v) is 15.0. The maximum Gasteiger partial charge on any atom is 0.130 e. The molecule has 6 nitrogen and oxygen atoms in total. The van der Waals surface area contributed by atoms with Gasteiger partial charge in [-0.1, -0.05) is 18.2 Å². The minimum Gasteiger partial charge on any atom is -0.457 e. The molecule has 0 saturated heterocycles. The van der Waals surface area contributed by atoms with Gasteiger partial charge in [0.05, 0.1) is 12.2 Å². The average molecular weight is 362 g/mol. The molecule has 138 valence electrons. The van der Waals surface area contributed by atoms with E-state index in [2.05, 4.69) is 17.0 Å². The molecule has 1 unspecified atom stereocenters. The van der Waals surface area contributed by atoms with Gasteiger partial charge in [-0.15, -0.1) is 0 Å². The molecule has 2 N–H and O–H groups in total. The SMILES string of the molecule is C=NCc1c(-c2ccc(Oc3ccccc3)cc2)nn2c1NCC(CO)C2. The molecule has 3 aromatic rings. The number of hydrogen-bond acceptors (Lipinski definition) is 5. The molecule has 0 amide bonds. The molecule has 0 spiro atoms. The van der Waals surface area contributed by atoms with E-state index in [9.17, 15) is 5.11 Å². The number of ether oxygens (including phenoxy) is 1. The first-order chi connectivity index (χ1) is 13.3. The highest BCUT2D eigenvalue weighted by molar-refractivity contribution is 5.70. The van der Waals surface area contributed by atoms with Crippen LogP contribution in [0, 0.1) is 5.92 Å². The van der Waals surface area contributed by atoms with E-state index in [0.29, 0.717) is 13.1 Å². The molecule has 0 aliphatic carbocycles. The van der Waals surface area contributed by atoms with Gasteiger partial charge in [-0.05, 0) is 43.1 Å². The maximum absolute atomic E-state index is 9.44. The third kappa shape index (κ3) is 3.57. The van der Waals surface area contributed by atoms with Gasteiger partial charge in [0, 0.05) is 36.7 Å². The number of benzene rings is 2. The van der Waals surface area contributed by atoms with Gasteiger partial charge in [0.15, 0.2) is 0 Å². The molecule has 6 heteroatoms. The van der Waals surface area contributed by atoms with Gasteiger partial charge in [-0.25, -0.2) is 4.68 Å². The molecule has 1 atom stereocenters. The predicted molar refractivity (Wildman–Crippen MR) is 106 cm³/mol. The van der Waals surface area contributed by atoms with Gasteiger partial charge in [0.25, 0.3) is 0 Å². The first-order valence-corrected chi connectivity index (χ1v) is 8.98. The topological polar surface area (TPSA) is 71.7 Å².